The fraction of sp³-hybridized carbons (Fsp3) is 1.00. The highest BCUT2D eigenvalue weighted by Gasteiger charge is 2.68. The van der Waals surface area contributed by atoms with E-state index < -0.39 is 40.6 Å². The maximum atomic E-state index is 12.1. The van der Waals surface area contributed by atoms with Crippen molar-refractivity contribution >= 4 is 59.4 Å². The molecule has 0 aliphatic carbocycles. The summed E-state index contributed by atoms with van der Waals surface area (Å²) in [5.41, 5.74) is -12.8. The highest BCUT2D eigenvalue weighted by Crippen LogP contribution is 2.42. The molecule has 0 saturated heterocycles. The fourth-order valence-electron chi connectivity index (χ4n) is 0.590. The molecule has 0 heterocycles. The van der Waals surface area contributed by atoms with Crippen molar-refractivity contribution in [1.29, 1.82) is 0 Å². The predicted octanol–water partition coefficient (Wildman–Crippen LogP) is 2.14. The van der Waals surface area contributed by atoms with Crippen LogP contribution in [0.2, 0.25) is 0 Å². The Morgan fingerprint density at radius 3 is 1.05 bits per heavy atom. The number of hydrogen-bond acceptors (Lipinski definition) is 4. The number of alkyl halides is 6. The van der Waals surface area contributed by atoms with Crippen LogP contribution in [0.3, 0.4) is 0 Å². The molecule has 0 rings (SSSR count). The van der Waals surface area contributed by atoms with Gasteiger partial charge >= 0.3 is 37.2 Å². The quantitative estimate of drug-likeness (QED) is 0.403. The first-order chi connectivity index (χ1) is 7.87. The first kappa shape index (κ1) is 19.5. The molecule has 0 saturated carbocycles. The standard InChI is InChI=1S/C2Cl3F6NO4S2Si/c3-19(4,5)12(17(13,14)1(6,7)8)18(15,16)2(9,10)11. The minimum atomic E-state index is -7.05. The molecule has 0 aromatic carbocycles. The normalized spacial score (nSPS) is 15.9. The largest absolute Gasteiger partial charge is 0.512 e. The molecule has 17 heteroatoms. The number of halogens is 9. The third-order valence-corrected chi connectivity index (χ3v) is 11.3. The molecule has 0 unspecified atom stereocenters. The van der Waals surface area contributed by atoms with E-state index in [1.54, 1.807) is 0 Å². The minimum Gasteiger partial charge on any atom is -0.202 e. The molecule has 0 spiro atoms. The van der Waals surface area contributed by atoms with Crippen LogP contribution in [0.15, 0.2) is 0 Å². The second kappa shape index (κ2) is 5.06. The lowest BCUT2D eigenvalue weighted by Crippen LogP contribution is -2.56. The Balaban J connectivity index is 6.41. The molecule has 0 aromatic heterocycles. The van der Waals surface area contributed by atoms with Crippen molar-refractivity contribution < 1.29 is 43.2 Å². The van der Waals surface area contributed by atoms with Gasteiger partial charge < -0.3 is 0 Å². The fourth-order valence-corrected chi connectivity index (χ4v) is 10.2. The predicted molar refractivity (Wildman–Crippen MR) is 55.1 cm³/mol. The number of nitrogens with zero attached hydrogens (tertiary/aromatic N) is 1. The average molecular weight is 415 g/mol. The molecular weight excluding hydrogens is 415 g/mol. The van der Waals surface area contributed by atoms with Gasteiger partial charge in [-0.05, 0) is 0 Å². The average Bonchev–Trinajstić information content (AvgIpc) is 1.93. The van der Waals surface area contributed by atoms with Gasteiger partial charge in [0.25, 0.3) is 0 Å². The lowest BCUT2D eigenvalue weighted by Gasteiger charge is -2.27. The van der Waals surface area contributed by atoms with Gasteiger partial charge in [0.15, 0.2) is 0 Å². The van der Waals surface area contributed by atoms with Crippen molar-refractivity contribution in [2.45, 2.75) is 11.0 Å². The lowest BCUT2D eigenvalue weighted by atomic mass is 11.6. The zero-order valence-electron chi connectivity index (χ0n) is 7.80. The molecule has 0 aliphatic rings. The van der Waals surface area contributed by atoms with Crippen molar-refractivity contribution in [3.05, 3.63) is 0 Å². The summed E-state index contributed by atoms with van der Waals surface area (Å²) in [6, 6.07) is 0. The van der Waals surface area contributed by atoms with Crippen LogP contribution in [-0.2, 0) is 20.0 Å². The van der Waals surface area contributed by atoms with Crippen LogP contribution in [-0.4, -0.2) is 37.4 Å². The van der Waals surface area contributed by atoms with E-state index in [9.17, 15) is 43.2 Å². The Labute approximate surface area is 117 Å². The van der Waals surface area contributed by atoms with Crippen molar-refractivity contribution in [1.82, 2.24) is 3.38 Å². The zero-order chi connectivity index (χ0) is 16.1. The molecule has 0 aromatic rings. The molecule has 19 heavy (non-hydrogen) atoms. The van der Waals surface area contributed by atoms with Gasteiger partial charge in [-0.1, -0.05) is 3.38 Å². The molecule has 0 aliphatic heterocycles. The summed E-state index contributed by atoms with van der Waals surface area (Å²) >= 11 is 14.2. The van der Waals surface area contributed by atoms with Gasteiger partial charge in [0.1, 0.15) is 0 Å². The third-order valence-electron chi connectivity index (χ3n) is 1.23. The van der Waals surface area contributed by atoms with Crippen LogP contribution in [0.4, 0.5) is 26.3 Å². The molecule has 116 valence electrons. The van der Waals surface area contributed by atoms with E-state index in [1.165, 1.54) is 0 Å². The number of rotatable bonds is 3. The maximum Gasteiger partial charge on any atom is 0.512 e. The number of hydrogen-bond donors (Lipinski definition) is 0. The second-order valence-corrected chi connectivity index (χ2v) is 15.0. The second-order valence-electron chi connectivity index (χ2n) is 2.57. The summed E-state index contributed by atoms with van der Waals surface area (Å²) in [5, 5.41) is 0. The van der Waals surface area contributed by atoms with Gasteiger partial charge in [-0.25, -0.2) is 16.8 Å². The summed E-state index contributed by atoms with van der Waals surface area (Å²) in [5.74, 6) is 0. The highest BCUT2D eigenvalue weighted by molar-refractivity contribution is 8.09. The lowest BCUT2D eigenvalue weighted by molar-refractivity contribution is -0.0507. The Kier molecular flexibility index (Phi) is 5.20. The van der Waals surface area contributed by atoms with Gasteiger partial charge in [-0.3, -0.25) is 0 Å². The molecule has 0 amide bonds. The molecule has 0 fully saturated rings. The van der Waals surface area contributed by atoms with Crippen LogP contribution in [0.1, 0.15) is 0 Å². The van der Waals surface area contributed by atoms with Crippen LogP contribution >= 0.6 is 33.2 Å². The van der Waals surface area contributed by atoms with Gasteiger partial charge in [0, 0.05) is 0 Å². The van der Waals surface area contributed by atoms with Crippen LogP contribution < -0.4 is 0 Å². The first-order valence-electron chi connectivity index (χ1n) is 3.36. The Morgan fingerprint density at radius 2 is 0.947 bits per heavy atom. The third kappa shape index (κ3) is 3.79. The van der Waals surface area contributed by atoms with E-state index in [0.717, 1.165) is 0 Å². The van der Waals surface area contributed by atoms with Gasteiger partial charge in [-0.15, -0.1) is 33.2 Å². The van der Waals surface area contributed by atoms with Crippen LogP contribution in [0.25, 0.3) is 0 Å². The molecule has 0 bridgehead atoms. The van der Waals surface area contributed by atoms with E-state index in [0.29, 0.717) is 0 Å². The maximum absolute atomic E-state index is 12.1. The van der Waals surface area contributed by atoms with E-state index in [-0.39, 0.29) is 0 Å². The smallest absolute Gasteiger partial charge is 0.202 e. The van der Waals surface area contributed by atoms with Crippen molar-refractivity contribution in [3.8, 4) is 0 Å². The summed E-state index contributed by atoms with van der Waals surface area (Å²) in [7, 11) is -14.1. The number of sulfonamides is 2. The summed E-state index contributed by atoms with van der Waals surface area (Å²) in [6.07, 6.45) is -5.64. The minimum absolute atomic E-state index is 2.14. The van der Waals surface area contributed by atoms with Crippen molar-refractivity contribution in [3.63, 3.8) is 0 Å². The zero-order valence-corrected chi connectivity index (χ0v) is 12.7. The van der Waals surface area contributed by atoms with Crippen LogP contribution in [0, 0.1) is 0 Å². The van der Waals surface area contributed by atoms with Crippen molar-refractivity contribution in [2.24, 2.45) is 0 Å². The van der Waals surface area contributed by atoms with E-state index >= 15 is 0 Å². The summed E-state index contributed by atoms with van der Waals surface area (Å²) in [4.78, 5) is 0. The van der Waals surface area contributed by atoms with Gasteiger partial charge in [-0.2, -0.15) is 26.3 Å². The van der Waals surface area contributed by atoms with Crippen molar-refractivity contribution in [2.75, 3.05) is 0 Å². The molecule has 0 N–H and O–H groups in total. The molecule has 5 nitrogen and oxygen atoms in total. The van der Waals surface area contributed by atoms with Gasteiger partial charge in [0.2, 0.25) is 0 Å². The topological polar surface area (TPSA) is 71.5 Å². The molecule has 0 atom stereocenters. The van der Waals surface area contributed by atoms with E-state index in [1.807, 2.05) is 0 Å². The van der Waals surface area contributed by atoms with E-state index in [4.69, 9.17) is 33.2 Å². The van der Waals surface area contributed by atoms with E-state index in [2.05, 4.69) is 0 Å². The van der Waals surface area contributed by atoms with Gasteiger partial charge in [0.05, 0.1) is 0 Å². The molecular formula is C2Cl3F6NO4S2Si. The summed E-state index contributed by atoms with van der Waals surface area (Å²) < 4.78 is 114. The Bertz CT molecular complexity index is 503. The monoisotopic (exact) mass is 413 g/mol. The SMILES string of the molecule is O=S(=O)(N([Si](Cl)(Cl)Cl)S(=O)(=O)C(F)(F)F)C(F)(F)F. The molecule has 0 radical (unpaired) electrons. The Hall–Kier alpha value is 0.527. The first-order valence-corrected chi connectivity index (χ1v) is 11.2. The highest BCUT2D eigenvalue weighted by atomic mass is 35.8. The Morgan fingerprint density at radius 1 is 0.737 bits per heavy atom. The van der Waals surface area contributed by atoms with Crippen LogP contribution in [0.5, 0.6) is 0 Å². The summed E-state index contributed by atoms with van der Waals surface area (Å²) in [6.45, 7) is 0.